The average molecular weight is 198 g/mol. The lowest BCUT2D eigenvalue weighted by atomic mass is 10.0. The molecule has 0 amide bonds. The SMILES string of the molecule is C1CCCCC1.CCCCCC(C)=O. The molecule has 0 atom stereocenters. The average Bonchev–Trinajstić information content (AvgIpc) is 2.21. The highest BCUT2D eigenvalue weighted by Crippen LogP contribution is 2.15. The lowest BCUT2D eigenvalue weighted by molar-refractivity contribution is -0.117. The first kappa shape index (κ1) is 13.7. The quantitative estimate of drug-likeness (QED) is 0.608. The molecule has 0 radical (unpaired) electrons. The van der Waals surface area contributed by atoms with Crippen LogP contribution in [0.5, 0.6) is 0 Å². The zero-order valence-corrected chi connectivity index (χ0v) is 9.98. The summed E-state index contributed by atoms with van der Waals surface area (Å²) in [5, 5.41) is 0. The van der Waals surface area contributed by atoms with E-state index < -0.39 is 0 Å². The Balaban J connectivity index is 0.000000249. The van der Waals surface area contributed by atoms with E-state index in [1.807, 2.05) is 0 Å². The summed E-state index contributed by atoms with van der Waals surface area (Å²) in [6.07, 6.45) is 13.2. The highest BCUT2D eigenvalue weighted by molar-refractivity contribution is 5.75. The van der Waals surface area contributed by atoms with Gasteiger partial charge in [-0.3, -0.25) is 0 Å². The smallest absolute Gasteiger partial charge is 0.129 e. The van der Waals surface area contributed by atoms with Gasteiger partial charge < -0.3 is 4.79 Å². The number of carbonyl (C=O) groups is 1. The van der Waals surface area contributed by atoms with Crippen LogP contribution in [0.15, 0.2) is 0 Å². The predicted octanol–water partition coefficient (Wildman–Crippen LogP) is 4.50. The van der Waals surface area contributed by atoms with Gasteiger partial charge in [-0.15, -0.1) is 0 Å². The summed E-state index contributed by atoms with van der Waals surface area (Å²) in [6.45, 7) is 3.79. The molecule has 0 aromatic carbocycles. The molecule has 0 N–H and O–H groups in total. The Morgan fingerprint density at radius 3 is 1.64 bits per heavy atom. The van der Waals surface area contributed by atoms with Crippen molar-refractivity contribution < 1.29 is 4.79 Å². The lowest BCUT2D eigenvalue weighted by Crippen LogP contribution is -1.87. The molecule has 0 spiro atoms. The van der Waals surface area contributed by atoms with Gasteiger partial charge in [0.2, 0.25) is 0 Å². The second-order valence-electron chi connectivity index (χ2n) is 4.28. The van der Waals surface area contributed by atoms with Gasteiger partial charge in [-0.1, -0.05) is 58.3 Å². The number of ketones is 1. The normalized spacial score (nSPS) is 15.6. The van der Waals surface area contributed by atoms with E-state index in [1.165, 1.54) is 51.4 Å². The summed E-state index contributed by atoms with van der Waals surface area (Å²) in [5.41, 5.74) is 0. The van der Waals surface area contributed by atoms with Gasteiger partial charge in [0.15, 0.2) is 0 Å². The van der Waals surface area contributed by atoms with Crippen molar-refractivity contribution in [2.24, 2.45) is 0 Å². The Hall–Kier alpha value is -0.330. The maximum Gasteiger partial charge on any atom is 0.129 e. The van der Waals surface area contributed by atoms with Crippen LogP contribution in [0, 0.1) is 0 Å². The predicted molar refractivity (Wildman–Crippen MR) is 62.5 cm³/mol. The fourth-order valence-electron chi connectivity index (χ4n) is 1.68. The number of unbranched alkanes of at least 4 members (excludes halogenated alkanes) is 2. The van der Waals surface area contributed by atoms with Gasteiger partial charge in [0.25, 0.3) is 0 Å². The minimum Gasteiger partial charge on any atom is -0.300 e. The molecule has 1 saturated carbocycles. The molecule has 0 aromatic rings. The molecule has 1 heteroatoms. The van der Waals surface area contributed by atoms with Crippen LogP contribution in [-0.4, -0.2) is 5.78 Å². The van der Waals surface area contributed by atoms with Crippen molar-refractivity contribution in [3.63, 3.8) is 0 Å². The molecule has 84 valence electrons. The fourth-order valence-corrected chi connectivity index (χ4v) is 1.68. The van der Waals surface area contributed by atoms with Crippen LogP contribution in [0.3, 0.4) is 0 Å². The van der Waals surface area contributed by atoms with Gasteiger partial charge in [0, 0.05) is 6.42 Å². The largest absolute Gasteiger partial charge is 0.300 e. The third-order valence-corrected chi connectivity index (χ3v) is 2.63. The summed E-state index contributed by atoms with van der Waals surface area (Å²) < 4.78 is 0. The molecule has 1 rings (SSSR count). The first-order valence-corrected chi connectivity index (χ1v) is 6.26. The van der Waals surface area contributed by atoms with Crippen molar-refractivity contribution in [3.8, 4) is 0 Å². The summed E-state index contributed by atoms with van der Waals surface area (Å²) in [7, 11) is 0. The van der Waals surface area contributed by atoms with Crippen LogP contribution >= 0.6 is 0 Å². The van der Waals surface area contributed by atoms with Gasteiger partial charge in [-0.05, 0) is 13.3 Å². The topological polar surface area (TPSA) is 17.1 Å². The Morgan fingerprint density at radius 1 is 0.929 bits per heavy atom. The Kier molecular flexibility index (Phi) is 10.5. The van der Waals surface area contributed by atoms with Gasteiger partial charge in [-0.25, -0.2) is 0 Å². The summed E-state index contributed by atoms with van der Waals surface area (Å²) in [4.78, 5) is 10.3. The Morgan fingerprint density at radius 2 is 1.36 bits per heavy atom. The van der Waals surface area contributed by atoms with Crippen LogP contribution in [-0.2, 0) is 4.79 Å². The zero-order valence-electron chi connectivity index (χ0n) is 9.98. The molecule has 0 saturated heterocycles. The van der Waals surface area contributed by atoms with Crippen LogP contribution in [0.1, 0.15) is 78.1 Å². The van der Waals surface area contributed by atoms with Crippen LogP contribution < -0.4 is 0 Å². The van der Waals surface area contributed by atoms with E-state index in [2.05, 4.69) is 6.92 Å². The van der Waals surface area contributed by atoms with E-state index in [9.17, 15) is 4.79 Å². The molecule has 0 heterocycles. The molecule has 14 heavy (non-hydrogen) atoms. The van der Waals surface area contributed by atoms with Crippen LogP contribution in [0.2, 0.25) is 0 Å². The molecule has 1 nitrogen and oxygen atoms in total. The van der Waals surface area contributed by atoms with Crippen molar-refractivity contribution in [1.29, 1.82) is 0 Å². The van der Waals surface area contributed by atoms with E-state index >= 15 is 0 Å². The fraction of sp³-hybridized carbons (Fsp3) is 0.923. The van der Waals surface area contributed by atoms with Crippen molar-refractivity contribution in [2.75, 3.05) is 0 Å². The van der Waals surface area contributed by atoms with E-state index in [1.54, 1.807) is 6.92 Å². The standard InChI is InChI=1S/C7H14O.C6H12/c1-3-4-5-6-7(2)8;1-2-4-6-5-3-1/h3-6H2,1-2H3;1-6H2. The summed E-state index contributed by atoms with van der Waals surface area (Å²) >= 11 is 0. The molecule has 0 aliphatic heterocycles. The molecule has 1 fully saturated rings. The molecular formula is C13H26O. The monoisotopic (exact) mass is 198 g/mol. The number of rotatable bonds is 4. The number of hydrogen-bond acceptors (Lipinski definition) is 1. The Bertz CT molecular complexity index is 114. The van der Waals surface area contributed by atoms with E-state index in [4.69, 9.17) is 0 Å². The molecule has 1 aliphatic carbocycles. The minimum atomic E-state index is 0.318. The van der Waals surface area contributed by atoms with Crippen molar-refractivity contribution in [2.45, 2.75) is 78.1 Å². The Labute approximate surface area is 89.3 Å². The maximum absolute atomic E-state index is 10.3. The minimum absolute atomic E-state index is 0.318. The van der Waals surface area contributed by atoms with Gasteiger partial charge in [0.05, 0.1) is 0 Å². The highest BCUT2D eigenvalue weighted by Gasteiger charge is 1.95. The number of carbonyl (C=O) groups excluding carboxylic acids is 1. The second kappa shape index (κ2) is 10.7. The first-order valence-electron chi connectivity index (χ1n) is 6.26. The van der Waals surface area contributed by atoms with Crippen molar-refractivity contribution in [3.05, 3.63) is 0 Å². The first-order chi connectivity index (χ1) is 6.77. The summed E-state index contributed by atoms with van der Waals surface area (Å²) in [6, 6.07) is 0. The number of hydrogen-bond donors (Lipinski definition) is 0. The van der Waals surface area contributed by atoms with E-state index in [0.29, 0.717) is 5.78 Å². The number of Topliss-reactive ketones (excluding diaryl/α,β-unsaturated/α-hetero) is 1. The van der Waals surface area contributed by atoms with E-state index in [0.717, 1.165) is 12.8 Å². The molecule has 0 bridgehead atoms. The third kappa shape index (κ3) is 11.7. The molecular weight excluding hydrogens is 172 g/mol. The lowest BCUT2D eigenvalue weighted by Gasteiger charge is -2.05. The zero-order chi connectivity index (χ0) is 10.6. The maximum atomic E-state index is 10.3. The van der Waals surface area contributed by atoms with Gasteiger partial charge >= 0.3 is 0 Å². The molecule has 1 aliphatic rings. The van der Waals surface area contributed by atoms with Gasteiger partial charge in [-0.2, -0.15) is 0 Å². The van der Waals surface area contributed by atoms with Crippen molar-refractivity contribution in [1.82, 2.24) is 0 Å². The summed E-state index contributed by atoms with van der Waals surface area (Å²) in [5.74, 6) is 0.318. The van der Waals surface area contributed by atoms with Crippen molar-refractivity contribution >= 4 is 5.78 Å². The van der Waals surface area contributed by atoms with Crippen LogP contribution in [0.25, 0.3) is 0 Å². The third-order valence-electron chi connectivity index (χ3n) is 2.63. The molecule has 0 aromatic heterocycles. The van der Waals surface area contributed by atoms with E-state index in [-0.39, 0.29) is 0 Å². The second-order valence-corrected chi connectivity index (χ2v) is 4.28. The molecule has 0 unspecified atom stereocenters. The van der Waals surface area contributed by atoms with Crippen LogP contribution in [0.4, 0.5) is 0 Å². The van der Waals surface area contributed by atoms with Gasteiger partial charge in [0.1, 0.15) is 5.78 Å². The highest BCUT2D eigenvalue weighted by atomic mass is 16.1.